The normalized spacial score (nSPS) is 16.0. The number of anilines is 2. The molecule has 3 N–H and O–H groups in total. The van der Waals surface area contributed by atoms with Gasteiger partial charge in [0.05, 0.1) is 23.4 Å². The molecular weight excluding hydrogens is 588 g/mol. The van der Waals surface area contributed by atoms with E-state index >= 15 is 0 Å². The minimum absolute atomic E-state index is 0.0171. The Hall–Kier alpha value is -4.52. The number of rotatable bonds is 10. The number of pyridine rings is 1. The Morgan fingerprint density at radius 1 is 1.02 bits per heavy atom. The van der Waals surface area contributed by atoms with E-state index in [1.54, 1.807) is 35.9 Å². The molecule has 0 unspecified atom stereocenters. The van der Waals surface area contributed by atoms with Crippen LogP contribution in [0.3, 0.4) is 0 Å². The van der Waals surface area contributed by atoms with E-state index in [4.69, 9.17) is 25.8 Å². The van der Waals surface area contributed by atoms with E-state index in [0.717, 1.165) is 59.9 Å². The van der Waals surface area contributed by atoms with Crippen molar-refractivity contribution in [3.05, 3.63) is 70.9 Å². The maximum absolute atomic E-state index is 12.8. The first-order valence-corrected chi connectivity index (χ1v) is 15.9. The van der Waals surface area contributed by atoms with E-state index in [2.05, 4.69) is 20.9 Å². The van der Waals surface area contributed by atoms with Crippen molar-refractivity contribution in [1.29, 1.82) is 5.41 Å². The van der Waals surface area contributed by atoms with E-state index < -0.39 is 0 Å². The molecule has 2 fully saturated rings. The number of amides is 1. The van der Waals surface area contributed by atoms with Crippen LogP contribution in [-0.4, -0.2) is 95.1 Å². The molecule has 0 saturated carbocycles. The van der Waals surface area contributed by atoms with Crippen molar-refractivity contribution in [1.82, 2.24) is 24.8 Å². The van der Waals surface area contributed by atoms with E-state index in [0.29, 0.717) is 43.4 Å². The van der Waals surface area contributed by atoms with Gasteiger partial charge in [0.15, 0.2) is 17.4 Å². The molecule has 4 aromatic rings. The zero-order valence-electron chi connectivity index (χ0n) is 25.0. The van der Waals surface area contributed by atoms with Crippen molar-refractivity contribution >= 4 is 57.0 Å². The third-order valence-electron chi connectivity index (χ3n) is 8.08. The molecule has 12 heteroatoms. The summed E-state index contributed by atoms with van der Waals surface area (Å²) in [5, 5.41) is 7.93. The molecule has 0 bridgehead atoms. The van der Waals surface area contributed by atoms with Crippen LogP contribution >= 0.6 is 11.3 Å². The smallest absolute Gasteiger partial charge is 0.223 e. The molecule has 2 aliphatic rings. The van der Waals surface area contributed by atoms with Gasteiger partial charge in [-0.15, -0.1) is 11.3 Å². The quantitative estimate of drug-likeness (QED) is 0.153. The van der Waals surface area contributed by atoms with Crippen LogP contribution in [0.1, 0.15) is 28.8 Å². The average Bonchev–Trinajstić information content (AvgIpc) is 3.49. The molecule has 1 aromatic carbocycles. The molecule has 2 aliphatic heterocycles. The summed E-state index contributed by atoms with van der Waals surface area (Å²) in [5.41, 5.74) is 9.78. The number of thiophene rings is 1. The van der Waals surface area contributed by atoms with Gasteiger partial charge < -0.3 is 25.7 Å². The van der Waals surface area contributed by atoms with Crippen LogP contribution in [0.25, 0.3) is 27.7 Å². The first-order chi connectivity index (χ1) is 22.0. The van der Waals surface area contributed by atoms with Crippen molar-refractivity contribution in [2.75, 3.05) is 63.1 Å². The largest absolute Gasteiger partial charge is 0.398 e. The molecule has 0 spiro atoms. The number of hydrogen-bond donors (Lipinski definition) is 2. The number of ether oxygens (including phenoxy) is 1. The van der Waals surface area contributed by atoms with Gasteiger partial charge in [-0.05, 0) is 35.9 Å². The fourth-order valence-electron chi connectivity index (χ4n) is 5.60. The van der Waals surface area contributed by atoms with Gasteiger partial charge in [0.1, 0.15) is 0 Å². The van der Waals surface area contributed by atoms with E-state index in [9.17, 15) is 9.59 Å². The SMILES string of the molecule is N=Cc1c(N)cccc1-c1nc(N2CCOCC2)c2sc(CN3CCN(C(=O)CCC(=O)C=Cc4cccnc4)CC3)cc2n1. The average molecular weight is 625 g/mol. The van der Waals surface area contributed by atoms with Crippen LogP contribution < -0.4 is 10.6 Å². The van der Waals surface area contributed by atoms with E-state index in [-0.39, 0.29) is 24.5 Å². The first-order valence-electron chi connectivity index (χ1n) is 15.1. The fraction of sp³-hybridized carbons (Fsp3) is 0.333. The Balaban J connectivity index is 1.11. The number of benzene rings is 1. The Morgan fingerprint density at radius 2 is 1.84 bits per heavy atom. The van der Waals surface area contributed by atoms with Gasteiger partial charge in [-0.3, -0.25) is 19.5 Å². The van der Waals surface area contributed by atoms with Crippen LogP contribution in [0.4, 0.5) is 11.5 Å². The van der Waals surface area contributed by atoms with Crippen LogP contribution in [0.5, 0.6) is 0 Å². The lowest BCUT2D eigenvalue weighted by atomic mass is 10.1. The third-order valence-corrected chi connectivity index (χ3v) is 9.18. The van der Waals surface area contributed by atoms with Crippen molar-refractivity contribution in [2.24, 2.45) is 0 Å². The number of aromatic nitrogens is 3. The van der Waals surface area contributed by atoms with Crippen molar-refractivity contribution in [3.63, 3.8) is 0 Å². The van der Waals surface area contributed by atoms with Crippen LogP contribution in [0, 0.1) is 5.41 Å². The summed E-state index contributed by atoms with van der Waals surface area (Å²) in [6.45, 7) is 6.31. The molecule has 0 radical (unpaired) electrons. The molecule has 6 rings (SSSR count). The van der Waals surface area contributed by atoms with Crippen LogP contribution in [-0.2, 0) is 20.9 Å². The lowest BCUT2D eigenvalue weighted by Gasteiger charge is -2.34. The summed E-state index contributed by atoms with van der Waals surface area (Å²) in [4.78, 5) is 46.8. The van der Waals surface area contributed by atoms with Gasteiger partial charge in [-0.25, -0.2) is 9.97 Å². The number of morpholine rings is 1. The number of allylic oxidation sites excluding steroid dienone is 1. The predicted octanol–water partition coefficient (Wildman–Crippen LogP) is 3.88. The molecular formula is C33H36N8O3S. The number of ketones is 1. The topological polar surface area (TPSA) is 142 Å². The number of nitrogens with two attached hydrogens (primary N) is 1. The summed E-state index contributed by atoms with van der Waals surface area (Å²) >= 11 is 1.70. The van der Waals surface area contributed by atoms with Crippen LogP contribution in [0.15, 0.2) is 54.9 Å². The number of carbonyl (C=O) groups is 2. The number of nitrogens with one attached hydrogen (secondary N) is 1. The predicted molar refractivity (Wildman–Crippen MR) is 178 cm³/mol. The lowest BCUT2D eigenvalue weighted by Crippen LogP contribution is -2.48. The molecule has 232 valence electrons. The first kappa shape index (κ1) is 30.5. The summed E-state index contributed by atoms with van der Waals surface area (Å²) in [6.07, 6.45) is 8.30. The number of carbonyl (C=O) groups excluding carboxylic acids is 2. The van der Waals surface area contributed by atoms with Crippen molar-refractivity contribution in [2.45, 2.75) is 19.4 Å². The van der Waals surface area contributed by atoms with Crippen LogP contribution in [0.2, 0.25) is 0 Å². The molecule has 0 aliphatic carbocycles. The summed E-state index contributed by atoms with van der Waals surface area (Å²) < 4.78 is 6.64. The Bertz CT molecular complexity index is 1710. The fourth-order valence-corrected chi connectivity index (χ4v) is 6.76. The number of piperazine rings is 1. The van der Waals surface area contributed by atoms with Gasteiger partial charge in [0.25, 0.3) is 0 Å². The van der Waals surface area contributed by atoms with Gasteiger partial charge >= 0.3 is 0 Å². The number of nitrogen functional groups attached to an aromatic ring is 1. The molecule has 1 amide bonds. The van der Waals surface area contributed by atoms with Gasteiger partial charge in [-0.2, -0.15) is 0 Å². The van der Waals surface area contributed by atoms with Crippen molar-refractivity contribution in [3.8, 4) is 11.4 Å². The Labute approximate surface area is 265 Å². The number of hydrogen-bond acceptors (Lipinski definition) is 11. The van der Waals surface area contributed by atoms with E-state index in [1.165, 1.54) is 17.2 Å². The molecule has 45 heavy (non-hydrogen) atoms. The lowest BCUT2D eigenvalue weighted by molar-refractivity contribution is -0.134. The molecule has 0 atom stereocenters. The highest BCUT2D eigenvalue weighted by Gasteiger charge is 2.24. The molecule has 2 saturated heterocycles. The maximum atomic E-state index is 12.8. The highest BCUT2D eigenvalue weighted by Crippen LogP contribution is 2.36. The second kappa shape index (κ2) is 14.1. The standard InChI is InChI=1S/C33H36N8O3S/c34-20-27-26(4-1-5-28(27)35)32-37-29-19-25(45-31(29)33(38-32)41-15-17-44-18-16-41)22-39-11-13-40(14-12-39)30(43)9-8-24(42)7-6-23-3-2-10-36-21-23/h1-7,10,19-21,34H,8-9,11-18,22,35H2. The highest BCUT2D eigenvalue weighted by molar-refractivity contribution is 7.19. The van der Waals surface area contributed by atoms with E-state index in [1.807, 2.05) is 29.2 Å². The summed E-state index contributed by atoms with van der Waals surface area (Å²) in [6, 6.07) is 11.4. The van der Waals surface area contributed by atoms with Gasteiger partial charge in [0.2, 0.25) is 5.91 Å². The minimum atomic E-state index is -0.0666. The Kier molecular flexibility index (Phi) is 9.53. The maximum Gasteiger partial charge on any atom is 0.223 e. The highest BCUT2D eigenvalue weighted by atomic mass is 32.1. The second-order valence-electron chi connectivity index (χ2n) is 11.1. The minimum Gasteiger partial charge on any atom is -0.398 e. The number of fused-ring (bicyclic) bond motifs is 1. The summed E-state index contributed by atoms with van der Waals surface area (Å²) in [5.74, 6) is 1.39. The monoisotopic (exact) mass is 624 g/mol. The van der Waals surface area contributed by atoms with Gasteiger partial charge in [0, 0.05) is 99.0 Å². The zero-order chi connectivity index (χ0) is 31.2. The van der Waals surface area contributed by atoms with Gasteiger partial charge in [-0.1, -0.05) is 18.2 Å². The zero-order valence-corrected chi connectivity index (χ0v) is 25.8. The molecule has 11 nitrogen and oxygen atoms in total. The third kappa shape index (κ3) is 7.25. The summed E-state index contributed by atoms with van der Waals surface area (Å²) in [7, 11) is 0. The number of nitrogens with zero attached hydrogens (tertiary/aromatic N) is 6. The molecule has 5 heterocycles. The molecule has 3 aromatic heterocycles. The second-order valence-corrected chi connectivity index (χ2v) is 12.2. The van der Waals surface area contributed by atoms with Crippen molar-refractivity contribution < 1.29 is 14.3 Å². The Morgan fingerprint density at radius 3 is 2.60 bits per heavy atom.